The molecule has 1 amide bonds. The molecule has 3 heteroatoms. The van der Waals surface area contributed by atoms with Gasteiger partial charge >= 0.3 is 0 Å². The topological polar surface area (TPSA) is 29.1 Å². The van der Waals surface area contributed by atoms with Gasteiger partial charge in [0.15, 0.2) is 0 Å². The molecule has 1 aromatic heterocycles. The quantitative estimate of drug-likeness (QED) is 0.757. The number of carbonyl (C=O) groups excluding carboxylic acids is 1. The van der Waals surface area contributed by atoms with E-state index < -0.39 is 0 Å². The van der Waals surface area contributed by atoms with Crippen molar-refractivity contribution in [1.29, 1.82) is 0 Å². The molecule has 1 aromatic rings. The third kappa shape index (κ3) is 2.85. The molecule has 0 aromatic carbocycles. The minimum absolute atomic E-state index is 0.250. The molecule has 1 fully saturated rings. The van der Waals surface area contributed by atoms with Crippen LogP contribution in [0.25, 0.3) is 0 Å². The van der Waals surface area contributed by atoms with Crippen molar-refractivity contribution in [1.82, 2.24) is 5.32 Å². The number of unbranched alkanes of at least 4 members (excludes halogenated alkanes) is 2. The summed E-state index contributed by atoms with van der Waals surface area (Å²) in [5.74, 6) is 1.01. The minimum Gasteiger partial charge on any atom is -0.356 e. The van der Waals surface area contributed by atoms with E-state index in [1.807, 2.05) is 0 Å². The van der Waals surface area contributed by atoms with Gasteiger partial charge in [0.25, 0.3) is 0 Å². The van der Waals surface area contributed by atoms with E-state index in [9.17, 15) is 4.79 Å². The summed E-state index contributed by atoms with van der Waals surface area (Å²) in [6.45, 7) is 3.02. The lowest BCUT2D eigenvalue weighted by Crippen LogP contribution is -2.26. The van der Waals surface area contributed by atoms with Crippen LogP contribution >= 0.6 is 11.3 Å². The average Bonchev–Trinajstić information content (AvgIpc) is 2.91. The van der Waals surface area contributed by atoms with E-state index in [4.69, 9.17) is 0 Å². The van der Waals surface area contributed by atoms with Gasteiger partial charge in [-0.1, -0.05) is 25.8 Å². The lowest BCUT2D eigenvalue weighted by Gasteiger charge is -2.03. The van der Waals surface area contributed by atoms with Crippen LogP contribution in [0.15, 0.2) is 17.5 Å². The standard InChI is InChI=1S/C13H19NOS/c1-2-3-4-7-14-13(15)11-9-10(11)12-6-5-8-16-12/h5-6,8,10-11H,2-4,7,9H2,1H3,(H,14,15). The normalized spacial score (nSPS) is 23.1. The molecule has 16 heavy (non-hydrogen) atoms. The summed E-state index contributed by atoms with van der Waals surface area (Å²) < 4.78 is 0. The maximum atomic E-state index is 11.8. The van der Waals surface area contributed by atoms with Gasteiger partial charge in [-0.05, 0) is 24.3 Å². The van der Waals surface area contributed by atoms with Gasteiger partial charge in [-0.2, -0.15) is 0 Å². The van der Waals surface area contributed by atoms with Crippen LogP contribution in [0, 0.1) is 5.92 Å². The number of thiophene rings is 1. The van der Waals surface area contributed by atoms with Crippen molar-refractivity contribution in [2.24, 2.45) is 5.92 Å². The van der Waals surface area contributed by atoms with Gasteiger partial charge < -0.3 is 5.32 Å². The van der Waals surface area contributed by atoms with E-state index in [1.165, 1.54) is 17.7 Å². The fraction of sp³-hybridized carbons (Fsp3) is 0.615. The van der Waals surface area contributed by atoms with Gasteiger partial charge in [-0.15, -0.1) is 11.3 Å². The fourth-order valence-corrected chi connectivity index (χ4v) is 2.93. The molecule has 2 atom stereocenters. The van der Waals surface area contributed by atoms with Crippen LogP contribution in [-0.4, -0.2) is 12.5 Å². The number of hydrogen-bond donors (Lipinski definition) is 1. The molecule has 1 aliphatic rings. The molecule has 0 spiro atoms. The van der Waals surface area contributed by atoms with Gasteiger partial charge in [0.1, 0.15) is 0 Å². The van der Waals surface area contributed by atoms with E-state index in [2.05, 4.69) is 29.8 Å². The van der Waals surface area contributed by atoms with Crippen molar-refractivity contribution in [2.45, 2.75) is 38.5 Å². The Kier molecular flexibility index (Phi) is 3.99. The summed E-state index contributed by atoms with van der Waals surface area (Å²) in [5.41, 5.74) is 0. The molecule has 0 radical (unpaired) electrons. The second-order valence-corrected chi connectivity index (χ2v) is 5.44. The minimum atomic E-state index is 0.250. The Hall–Kier alpha value is -0.830. The summed E-state index contributed by atoms with van der Waals surface area (Å²) in [6, 6.07) is 4.20. The Balaban J connectivity index is 1.69. The number of nitrogens with one attached hydrogen (secondary N) is 1. The van der Waals surface area contributed by atoms with Crippen molar-refractivity contribution >= 4 is 17.2 Å². The first-order chi connectivity index (χ1) is 7.83. The van der Waals surface area contributed by atoms with Gasteiger partial charge in [0.2, 0.25) is 5.91 Å². The molecule has 1 N–H and O–H groups in total. The zero-order chi connectivity index (χ0) is 11.4. The van der Waals surface area contributed by atoms with Crippen molar-refractivity contribution in [3.8, 4) is 0 Å². The van der Waals surface area contributed by atoms with Crippen molar-refractivity contribution in [3.05, 3.63) is 22.4 Å². The molecular formula is C13H19NOS. The third-order valence-corrected chi connectivity index (χ3v) is 4.12. The molecule has 0 bridgehead atoms. The molecular weight excluding hydrogens is 218 g/mol. The zero-order valence-electron chi connectivity index (χ0n) is 9.74. The van der Waals surface area contributed by atoms with E-state index in [0.29, 0.717) is 5.92 Å². The average molecular weight is 237 g/mol. The van der Waals surface area contributed by atoms with Crippen LogP contribution < -0.4 is 5.32 Å². The van der Waals surface area contributed by atoms with E-state index in [1.54, 1.807) is 11.3 Å². The summed E-state index contributed by atoms with van der Waals surface area (Å²) in [5, 5.41) is 5.12. The number of hydrogen-bond acceptors (Lipinski definition) is 2. The summed E-state index contributed by atoms with van der Waals surface area (Å²) in [4.78, 5) is 13.1. The first-order valence-electron chi connectivity index (χ1n) is 6.14. The van der Waals surface area contributed by atoms with Crippen LogP contribution in [0.3, 0.4) is 0 Å². The van der Waals surface area contributed by atoms with Crippen LogP contribution in [0.2, 0.25) is 0 Å². The van der Waals surface area contributed by atoms with Crippen molar-refractivity contribution in [3.63, 3.8) is 0 Å². The zero-order valence-corrected chi connectivity index (χ0v) is 10.6. The van der Waals surface area contributed by atoms with Crippen LogP contribution in [-0.2, 0) is 4.79 Å². The number of amides is 1. The molecule has 2 rings (SSSR count). The highest BCUT2D eigenvalue weighted by molar-refractivity contribution is 7.10. The predicted octanol–water partition coefficient (Wildman–Crippen LogP) is 3.16. The fourth-order valence-electron chi connectivity index (χ4n) is 2.02. The van der Waals surface area contributed by atoms with Crippen LogP contribution in [0.4, 0.5) is 0 Å². The summed E-state index contributed by atoms with van der Waals surface area (Å²) in [6.07, 6.45) is 4.56. The smallest absolute Gasteiger partial charge is 0.223 e. The summed E-state index contributed by atoms with van der Waals surface area (Å²) >= 11 is 1.77. The predicted molar refractivity (Wildman–Crippen MR) is 67.7 cm³/mol. The Bertz CT molecular complexity index is 334. The van der Waals surface area contributed by atoms with E-state index in [0.717, 1.165) is 19.4 Å². The Morgan fingerprint density at radius 2 is 2.44 bits per heavy atom. The van der Waals surface area contributed by atoms with Gasteiger partial charge in [0.05, 0.1) is 0 Å². The Morgan fingerprint density at radius 3 is 3.12 bits per heavy atom. The SMILES string of the molecule is CCCCCNC(=O)C1CC1c1cccs1. The molecule has 0 saturated heterocycles. The van der Waals surface area contributed by atoms with Gasteiger partial charge in [0, 0.05) is 23.3 Å². The highest BCUT2D eigenvalue weighted by atomic mass is 32.1. The third-order valence-electron chi connectivity index (χ3n) is 3.12. The highest BCUT2D eigenvalue weighted by Gasteiger charge is 2.44. The molecule has 0 aliphatic heterocycles. The van der Waals surface area contributed by atoms with Crippen LogP contribution in [0.1, 0.15) is 43.4 Å². The molecule has 1 heterocycles. The van der Waals surface area contributed by atoms with E-state index in [-0.39, 0.29) is 11.8 Å². The first-order valence-corrected chi connectivity index (χ1v) is 7.02. The maximum absolute atomic E-state index is 11.8. The molecule has 1 aliphatic carbocycles. The Labute approximate surface area is 101 Å². The first kappa shape index (κ1) is 11.6. The van der Waals surface area contributed by atoms with Gasteiger partial charge in [-0.3, -0.25) is 4.79 Å². The van der Waals surface area contributed by atoms with Crippen molar-refractivity contribution < 1.29 is 4.79 Å². The van der Waals surface area contributed by atoms with Gasteiger partial charge in [-0.25, -0.2) is 0 Å². The maximum Gasteiger partial charge on any atom is 0.223 e. The highest BCUT2D eigenvalue weighted by Crippen LogP contribution is 2.49. The van der Waals surface area contributed by atoms with E-state index >= 15 is 0 Å². The second kappa shape index (κ2) is 5.48. The molecule has 1 saturated carbocycles. The second-order valence-electron chi connectivity index (χ2n) is 4.46. The number of rotatable bonds is 6. The molecule has 2 unspecified atom stereocenters. The Morgan fingerprint density at radius 1 is 1.56 bits per heavy atom. The molecule has 2 nitrogen and oxygen atoms in total. The lowest BCUT2D eigenvalue weighted by atomic mass is 10.2. The molecule has 88 valence electrons. The summed E-state index contributed by atoms with van der Waals surface area (Å²) in [7, 11) is 0. The monoisotopic (exact) mass is 237 g/mol. The lowest BCUT2D eigenvalue weighted by molar-refractivity contribution is -0.122. The largest absolute Gasteiger partial charge is 0.356 e. The number of carbonyl (C=O) groups is 1. The van der Waals surface area contributed by atoms with Crippen LogP contribution in [0.5, 0.6) is 0 Å². The van der Waals surface area contributed by atoms with Crippen molar-refractivity contribution in [2.75, 3.05) is 6.54 Å².